The molecular formula is C16H26N2. The zero-order valence-corrected chi connectivity index (χ0v) is 12.2. The first kappa shape index (κ1) is 13.6. The summed E-state index contributed by atoms with van der Waals surface area (Å²) in [6, 6.07) is 8.04. The Labute approximate surface area is 111 Å². The molecule has 0 aliphatic heterocycles. The van der Waals surface area contributed by atoms with E-state index in [0.717, 1.165) is 6.54 Å². The highest BCUT2D eigenvalue weighted by Crippen LogP contribution is 2.25. The van der Waals surface area contributed by atoms with Crippen LogP contribution in [-0.4, -0.2) is 31.6 Å². The van der Waals surface area contributed by atoms with Crippen molar-refractivity contribution in [1.82, 2.24) is 10.2 Å². The highest BCUT2D eigenvalue weighted by Gasteiger charge is 2.14. The van der Waals surface area contributed by atoms with Crippen molar-refractivity contribution in [2.45, 2.75) is 45.2 Å². The van der Waals surface area contributed by atoms with Crippen LogP contribution >= 0.6 is 0 Å². The van der Waals surface area contributed by atoms with E-state index >= 15 is 0 Å². The van der Waals surface area contributed by atoms with Gasteiger partial charge < -0.3 is 10.2 Å². The first-order valence-corrected chi connectivity index (χ1v) is 7.09. The van der Waals surface area contributed by atoms with Gasteiger partial charge in [0.05, 0.1) is 0 Å². The molecule has 0 radical (unpaired) electrons. The van der Waals surface area contributed by atoms with E-state index < -0.39 is 0 Å². The van der Waals surface area contributed by atoms with E-state index in [2.05, 4.69) is 56.4 Å². The average Bonchev–Trinajstić information content (AvgIpc) is 2.82. The third kappa shape index (κ3) is 3.12. The van der Waals surface area contributed by atoms with Gasteiger partial charge in [0, 0.05) is 18.6 Å². The Morgan fingerprint density at radius 3 is 2.61 bits per heavy atom. The third-order valence-electron chi connectivity index (χ3n) is 4.22. The highest BCUT2D eigenvalue weighted by atomic mass is 15.1. The maximum atomic E-state index is 3.63. The molecule has 0 saturated carbocycles. The lowest BCUT2D eigenvalue weighted by Gasteiger charge is -2.23. The van der Waals surface area contributed by atoms with E-state index in [1.54, 1.807) is 11.1 Å². The molecule has 0 amide bonds. The molecule has 1 N–H and O–H groups in total. The minimum atomic E-state index is 0.443. The molecule has 0 bridgehead atoms. The fourth-order valence-corrected chi connectivity index (χ4v) is 2.51. The van der Waals surface area contributed by atoms with Gasteiger partial charge in [-0.1, -0.05) is 18.2 Å². The van der Waals surface area contributed by atoms with E-state index in [0.29, 0.717) is 12.1 Å². The van der Waals surface area contributed by atoms with Crippen LogP contribution in [0.2, 0.25) is 0 Å². The van der Waals surface area contributed by atoms with Gasteiger partial charge in [-0.25, -0.2) is 0 Å². The molecule has 0 saturated heterocycles. The molecule has 2 unspecified atom stereocenters. The Morgan fingerprint density at radius 1 is 1.17 bits per heavy atom. The monoisotopic (exact) mass is 246 g/mol. The molecule has 18 heavy (non-hydrogen) atoms. The number of nitrogens with zero attached hydrogens (tertiary/aromatic N) is 1. The number of fused-ring (bicyclic) bond motifs is 1. The van der Waals surface area contributed by atoms with Crippen molar-refractivity contribution in [3.05, 3.63) is 34.9 Å². The number of aryl methyl sites for hydroxylation is 2. The van der Waals surface area contributed by atoms with Crippen LogP contribution in [0.5, 0.6) is 0 Å². The second kappa shape index (κ2) is 5.85. The molecule has 2 rings (SSSR count). The van der Waals surface area contributed by atoms with Crippen LogP contribution in [0.1, 0.15) is 43.0 Å². The Morgan fingerprint density at radius 2 is 1.89 bits per heavy atom. The van der Waals surface area contributed by atoms with Crippen LogP contribution in [0, 0.1) is 0 Å². The number of likely N-dealkylation sites (N-methyl/N-ethyl adjacent to an activating group) is 1. The molecule has 1 aliphatic carbocycles. The van der Waals surface area contributed by atoms with Gasteiger partial charge in [-0.15, -0.1) is 0 Å². The fraction of sp³-hybridized carbons (Fsp3) is 0.625. The van der Waals surface area contributed by atoms with E-state index in [9.17, 15) is 0 Å². The van der Waals surface area contributed by atoms with Crippen molar-refractivity contribution in [1.29, 1.82) is 0 Å². The van der Waals surface area contributed by atoms with E-state index in [1.165, 1.54) is 24.8 Å². The lowest BCUT2D eigenvalue weighted by molar-refractivity contribution is 0.295. The molecule has 1 aliphatic rings. The van der Waals surface area contributed by atoms with Crippen LogP contribution in [-0.2, 0) is 12.8 Å². The van der Waals surface area contributed by atoms with Crippen LogP contribution in [0.3, 0.4) is 0 Å². The number of hydrogen-bond acceptors (Lipinski definition) is 2. The molecule has 0 spiro atoms. The molecule has 1 aromatic rings. The Balaban J connectivity index is 1.95. The van der Waals surface area contributed by atoms with Crippen molar-refractivity contribution in [3.8, 4) is 0 Å². The summed E-state index contributed by atoms with van der Waals surface area (Å²) < 4.78 is 0. The minimum absolute atomic E-state index is 0.443. The van der Waals surface area contributed by atoms with Crippen molar-refractivity contribution < 1.29 is 0 Å². The summed E-state index contributed by atoms with van der Waals surface area (Å²) in [6.45, 7) is 5.55. The number of rotatable bonds is 5. The van der Waals surface area contributed by atoms with Crippen molar-refractivity contribution in [3.63, 3.8) is 0 Å². The second-order valence-corrected chi connectivity index (χ2v) is 5.82. The molecule has 0 aromatic heterocycles. The largest absolute Gasteiger partial charge is 0.309 e. The van der Waals surface area contributed by atoms with Crippen molar-refractivity contribution >= 4 is 0 Å². The molecular weight excluding hydrogens is 220 g/mol. The quantitative estimate of drug-likeness (QED) is 0.859. The third-order valence-corrected chi connectivity index (χ3v) is 4.22. The van der Waals surface area contributed by atoms with Crippen molar-refractivity contribution in [2.24, 2.45) is 0 Å². The van der Waals surface area contributed by atoms with Crippen LogP contribution in [0.25, 0.3) is 0 Å². The van der Waals surface area contributed by atoms with Crippen LogP contribution in [0.4, 0.5) is 0 Å². The standard InChI is InChI=1S/C16H26N2/c1-12(18(3)4)11-17-13(2)15-9-8-14-6-5-7-16(14)10-15/h8-10,12-13,17H,5-7,11H2,1-4H3. The molecule has 2 atom stereocenters. The zero-order valence-electron chi connectivity index (χ0n) is 12.2. The predicted octanol–water partition coefficient (Wildman–Crippen LogP) is 2.78. The molecule has 2 nitrogen and oxygen atoms in total. The molecule has 0 heterocycles. The smallest absolute Gasteiger partial charge is 0.0292 e. The normalized spacial score (nSPS) is 17.8. The molecule has 1 aromatic carbocycles. The lowest BCUT2D eigenvalue weighted by atomic mass is 10.0. The minimum Gasteiger partial charge on any atom is -0.309 e. The maximum absolute atomic E-state index is 3.63. The zero-order chi connectivity index (χ0) is 13.1. The average molecular weight is 246 g/mol. The van der Waals surface area contributed by atoms with E-state index in [4.69, 9.17) is 0 Å². The Kier molecular flexibility index (Phi) is 4.41. The van der Waals surface area contributed by atoms with Gasteiger partial charge in [-0.2, -0.15) is 0 Å². The summed E-state index contributed by atoms with van der Waals surface area (Å²) >= 11 is 0. The van der Waals surface area contributed by atoms with Gasteiger partial charge in [0.2, 0.25) is 0 Å². The van der Waals surface area contributed by atoms with Crippen molar-refractivity contribution in [2.75, 3.05) is 20.6 Å². The Bertz CT molecular complexity index is 398. The number of benzene rings is 1. The summed E-state index contributed by atoms with van der Waals surface area (Å²) in [6.07, 6.45) is 3.87. The first-order valence-electron chi connectivity index (χ1n) is 7.09. The van der Waals surface area contributed by atoms with E-state index in [-0.39, 0.29) is 0 Å². The van der Waals surface area contributed by atoms with Gasteiger partial charge >= 0.3 is 0 Å². The maximum Gasteiger partial charge on any atom is 0.0292 e. The summed E-state index contributed by atoms with van der Waals surface area (Å²) in [4.78, 5) is 2.25. The molecule has 0 fully saturated rings. The second-order valence-electron chi connectivity index (χ2n) is 5.82. The SMILES string of the molecule is CC(NCC(C)N(C)C)c1ccc2c(c1)CCC2. The van der Waals surface area contributed by atoms with Crippen LogP contribution in [0.15, 0.2) is 18.2 Å². The van der Waals surface area contributed by atoms with Gasteiger partial charge in [-0.05, 0) is 63.9 Å². The first-order chi connectivity index (χ1) is 8.58. The summed E-state index contributed by atoms with van der Waals surface area (Å²) in [7, 11) is 4.26. The fourth-order valence-electron chi connectivity index (χ4n) is 2.51. The summed E-state index contributed by atoms with van der Waals surface area (Å²) in [5.41, 5.74) is 4.57. The van der Waals surface area contributed by atoms with Gasteiger partial charge in [0.25, 0.3) is 0 Å². The number of nitrogens with one attached hydrogen (secondary N) is 1. The highest BCUT2D eigenvalue weighted by molar-refractivity contribution is 5.36. The lowest BCUT2D eigenvalue weighted by Crippen LogP contribution is -2.36. The van der Waals surface area contributed by atoms with Crippen LogP contribution < -0.4 is 5.32 Å². The number of hydrogen-bond donors (Lipinski definition) is 1. The van der Waals surface area contributed by atoms with Gasteiger partial charge in [0.15, 0.2) is 0 Å². The molecule has 2 heteroatoms. The molecule has 100 valence electrons. The van der Waals surface area contributed by atoms with Gasteiger partial charge in [-0.3, -0.25) is 0 Å². The Hall–Kier alpha value is -0.860. The predicted molar refractivity (Wildman–Crippen MR) is 78.0 cm³/mol. The summed E-state index contributed by atoms with van der Waals surface area (Å²) in [5.74, 6) is 0. The topological polar surface area (TPSA) is 15.3 Å². The summed E-state index contributed by atoms with van der Waals surface area (Å²) in [5, 5.41) is 3.63. The van der Waals surface area contributed by atoms with E-state index in [1.807, 2.05) is 0 Å². The van der Waals surface area contributed by atoms with Gasteiger partial charge in [0.1, 0.15) is 0 Å².